The Morgan fingerprint density at radius 2 is 1.71 bits per heavy atom. The van der Waals surface area contributed by atoms with E-state index in [0.717, 1.165) is 48.3 Å². The zero-order valence-electron chi connectivity index (χ0n) is 18.9. The maximum Gasteiger partial charge on any atom is 0.336 e. The predicted molar refractivity (Wildman–Crippen MR) is 125 cm³/mol. The van der Waals surface area contributed by atoms with Crippen LogP contribution in [-0.4, -0.2) is 20.2 Å². The van der Waals surface area contributed by atoms with Gasteiger partial charge >= 0.3 is 11.7 Å². The van der Waals surface area contributed by atoms with Crippen LogP contribution in [0.3, 0.4) is 0 Å². The standard InChI is InChI=1S/C26H32N2O3/c1-5-16-27-19(4)24(15-10-18(2)3)28(26(27)31)17-20-11-13-21(14-12-20)22-8-6-7-9-23(22)25(29)30/h6-9,11-14,18H,5,10,15-17H2,1-4H3,(H,29,30). The van der Waals surface area contributed by atoms with Gasteiger partial charge in [0.1, 0.15) is 0 Å². The highest BCUT2D eigenvalue weighted by Gasteiger charge is 2.17. The summed E-state index contributed by atoms with van der Waals surface area (Å²) in [6.45, 7) is 9.80. The molecule has 31 heavy (non-hydrogen) atoms. The molecule has 1 N–H and O–H groups in total. The number of carboxylic acids is 1. The molecule has 3 rings (SSSR count). The van der Waals surface area contributed by atoms with Gasteiger partial charge < -0.3 is 5.11 Å². The minimum Gasteiger partial charge on any atom is -0.478 e. The van der Waals surface area contributed by atoms with Gasteiger partial charge in [0.15, 0.2) is 0 Å². The van der Waals surface area contributed by atoms with E-state index < -0.39 is 5.97 Å². The second-order valence-electron chi connectivity index (χ2n) is 8.53. The molecule has 0 bridgehead atoms. The maximum atomic E-state index is 13.1. The van der Waals surface area contributed by atoms with Crippen LogP contribution in [0.4, 0.5) is 0 Å². The summed E-state index contributed by atoms with van der Waals surface area (Å²) in [7, 11) is 0. The summed E-state index contributed by atoms with van der Waals surface area (Å²) in [6.07, 6.45) is 2.85. The van der Waals surface area contributed by atoms with Crippen molar-refractivity contribution in [3.63, 3.8) is 0 Å². The molecule has 0 saturated heterocycles. The topological polar surface area (TPSA) is 64.2 Å². The molecule has 2 aromatic carbocycles. The van der Waals surface area contributed by atoms with Gasteiger partial charge in [-0.25, -0.2) is 9.59 Å². The van der Waals surface area contributed by atoms with E-state index in [2.05, 4.69) is 27.7 Å². The van der Waals surface area contributed by atoms with Crippen LogP contribution in [0.2, 0.25) is 0 Å². The van der Waals surface area contributed by atoms with Gasteiger partial charge in [-0.15, -0.1) is 0 Å². The number of aromatic carboxylic acids is 1. The lowest BCUT2D eigenvalue weighted by molar-refractivity contribution is 0.0697. The monoisotopic (exact) mass is 420 g/mol. The van der Waals surface area contributed by atoms with Crippen LogP contribution >= 0.6 is 0 Å². The molecule has 3 aromatic rings. The third kappa shape index (κ3) is 4.98. The predicted octanol–water partition coefficient (Wildman–Crippen LogP) is 5.37. The highest BCUT2D eigenvalue weighted by atomic mass is 16.4. The molecule has 0 unspecified atom stereocenters. The first-order chi connectivity index (χ1) is 14.8. The molecule has 0 spiro atoms. The number of imidazole rings is 1. The largest absolute Gasteiger partial charge is 0.478 e. The van der Waals surface area contributed by atoms with E-state index in [1.165, 1.54) is 0 Å². The van der Waals surface area contributed by atoms with Crippen LogP contribution in [0, 0.1) is 12.8 Å². The van der Waals surface area contributed by atoms with Gasteiger partial charge in [-0.3, -0.25) is 9.13 Å². The van der Waals surface area contributed by atoms with Crippen molar-refractivity contribution in [1.29, 1.82) is 0 Å². The summed E-state index contributed by atoms with van der Waals surface area (Å²) in [5.74, 6) is -0.361. The molecule has 5 heteroatoms. The maximum absolute atomic E-state index is 13.1. The van der Waals surface area contributed by atoms with Crippen molar-refractivity contribution in [1.82, 2.24) is 9.13 Å². The lowest BCUT2D eigenvalue weighted by atomic mass is 9.98. The average Bonchev–Trinajstić information content (AvgIpc) is 2.97. The van der Waals surface area contributed by atoms with Crippen molar-refractivity contribution >= 4 is 5.97 Å². The molecule has 0 radical (unpaired) electrons. The number of nitrogens with zero attached hydrogens (tertiary/aromatic N) is 2. The van der Waals surface area contributed by atoms with E-state index >= 15 is 0 Å². The molecule has 0 aliphatic rings. The SMILES string of the molecule is CCCn1c(C)c(CCC(C)C)n(Cc2ccc(-c3ccccc3C(=O)O)cc2)c1=O. The summed E-state index contributed by atoms with van der Waals surface area (Å²) in [5, 5.41) is 9.46. The summed E-state index contributed by atoms with van der Waals surface area (Å²) >= 11 is 0. The Hall–Kier alpha value is -3.08. The highest BCUT2D eigenvalue weighted by Crippen LogP contribution is 2.24. The van der Waals surface area contributed by atoms with Crippen LogP contribution in [-0.2, 0) is 19.5 Å². The van der Waals surface area contributed by atoms with E-state index in [0.29, 0.717) is 18.0 Å². The molecule has 1 aromatic heterocycles. The Labute approximate surface area is 184 Å². The molecule has 164 valence electrons. The van der Waals surface area contributed by atoms with Crippen molar-refractivity contribution in [2.75, 3.05) is 0 Å². The normalized spacial score (nSPS) is 11.3. The fourth-order valence-electron chi connectivity index (χ4n) is 4.04. The van der Waals surface area contributed by atoms with Crippen molar-refractivity contribution < 1.29 is 9.90 Å². The Balaban J connectivity index is 1.93. The molecule has 1 heterocycles. The lowest BCUT2D eigenvalue weighted by Crippen LogP contribution is -2.26. The zero-order chi connectivity index (χ0) is 22.5. The van der Waals surface area contributed by atoms with Gasteiger partial charge in [-0.2, -0.15) is 0 Å². The Kier molecular flexibility index (Phi) is 7.16. The van der Waals surface area contributed by atoms with Crippen molar-refractivity contribution in [3.05, 3.63) is 81.5 Å². The molecule has 0 atom stereocenters. The minimum absolute atomic E-state index is 0.0541. The number of hydrogen-bond acceptors (Lipinski definition) is 2. The summed E-state index contributed by atoms with van der Waals surface area (Å²) in [5.41, 5.74) is 5.10. The van der Waals surface area contributed by atoms with E-state index in [1.54, 1.807) is 12.1 Å². The lowest BCUT2D eigenvalue weighted by Gasteiger charge is -2.11. The summed E-state index contributed by atoms with van der Waals surface area (Å²) in [6, 6.07) is 14.9. The molecular formula is C26H32N2O3. The first-order valence-electron chi connectivity index (χ1n) is 11.0. The number of benzene rings is 2. The Morgan fingerprint density at radius 1 is 1.03 bits per heavy atom. The summed E-state index contributed by atoms with van der Waals surface area (Å²) < 4.78 is 3.81. The second-order valence-corrected chi connectivity index (χ2v) is 8.53. The quantitative estimate of drug-likeness (QED) is 0.506. The first kappa shape index (κ1) is 22.6. The fourth-order valence-corrected chi connectivity index (χ4v) is 4.04. The molecule has 0 fully saturated rings. The van der Waals surface area contributed by atoms with Crippen LogP contribution in [0.25, 0.3) is 11.1 Å². The van der Waals surface area contributed by atoms with Crippen molar-refractivity contribution in [2.24, 2.45) is 5.92 Å². The van der Waals surface area contributed by atoms with E-state index in [-0.39, 0.29) is 11.3 Å². The Bertz CT molecular complexity index is 1100. The average molecular weight is 421 g/mol. The first-order valence-corrected chi connectivity index (χ1v) is 11.0. The molecule has 0 aliphatic heterocycles. The number of carboxylic acid groups (broad SMARTS) is 1. The third-order valence-corrected chi connectivity index (χ3v) is 5.78. The molecule has 0 aliphatic carbocycles. The molecule has 0 saturated carbocycles. The van der Waals surface area contributed by atoms with Gasteiger partial charge in [0, 0.05) is 17.9 Å². The van der Waals surface area contributed by atoms with Crippen LogP contribution in [0.15, 0.2) is 53.3 Å². The van der Waals surface area contributed by atoms with Crippen LogP contribution in [0.5, 0.6) is 0 Å². The molecule has 5 nitrogen and oxygen atoms in total. The van der Waals surface area contributed by atoms with Gasteiger partial charge in [0.2, 0.25) is 0 Å². The van der Waals surface area contributed by atoms with Gasteiger partial charge in [0.25, 0.3) is 0 Å². The molecular weight excluding hydrogens is 388 g/mol. The number of carbonyl (C=O) groups is 1. The van der Waals surface area contributed by atoms with Gasteiger partial charge in [-0.1, -0.05) is 63.2 Å². The minimum atomic E-state index is -0.936. The van der Waals surface area contributed by atoms with E-state index in [9.17, 15) is 14.7 Å². The summed E-state index contributed by atoms with van der Waals surface area (Å²) in [4.78, 5) is 24.7. The van der Waals surface area contributed by atoms with E-state index in [4.69, 9.17) is 0 Å². The van der Waals surface area contributed by atoms with Crippen LogP contribution < -0.4 is 5.69 Å². The van der Waals surface area contributed by atoms with Crippen molar-refractivity contribution in [3.8, 4) is 11.1 Å². The van der Waals surface area contributed by atoms with Gasteiger partial charge in [-0.05, 0) is 54.9 Å². The number of rotatable bonds is 9. The number of aromatic nitrogens is 2. The fraction of sp³-hybridized carbons (Fsp3) is 0.385. The van der Waals surface area contributed by atoms with Gasteiger partial charge in [0.05, 0.1) is 12.1 Å². The Morgan fingerprint density at radius 3 is 2.32 bits per heavy atom. The highest BCUT2D eigenvalue weighted by molar-refractivity contribution is 5.95. The molecule has 0 amide bonds. The smallest absolute Gasteiger partial charge is 0.336 e. The van der Waals surface area contributed by atoms with E-state index in [1.807, 2.05) is 45.5 Å². The number of hydrogen-bond donors (Lipinski definition) is 1. The third-order valence-electron chi connectivity index (χ3n) is 5.78. The van der Waals surface area contributed by atoms with Crippen molar-refractivity contribution in [2.45, 2.75) is 60.0 Å². The van der Waals surface area contributed by atoms with Crippen LogP contribution in [0.1, 0.15) is 60.9 Å². The zero-order valence-corrected chi connectivity index (χ0v) is 18.9. The second kappa shape index (κ2) is 9.82.